The second-order valence-electron chi connectivity index (χ2n) is 3.29. The zero-order valence-corrected chi connectivity index (χ0v) is 12.7. The molecule has 0 aliphatic carbocycles. The van der Waals surface area contributed by atoms with E-state index in [1.54, 1.807) is 0 Å². The predicted octanol–water partition coefficient (Wildman–Crippen LogP) is 2.47. The Kier molecular flexibility index (Phi) is 50.4. The van der Waals surface area contributed by atoms with Gasteiger partial charge >= 0.3 is 0 Å². The van der Waals surface area contributed by atoms with Crippen molar-refractivity contribution < 1.29 is 24.9 Å². The van der Waals surface area contributed by atoms with Crippen molar-refractivity contribution in [3.05, 3.63) is 13.2 Å². The molecule has 0 unspecified atom stereocenters. The highest BCUT2D eigenvalue weighted by atomic mass is 16.5. The smallest absolute Gasteiger partial charge is 0.300 e. The number of hydrogen-bond donors (Lipinski definition) is 3. The van der Waals surface area contributed by atoms with Gasteiger partial charge in [0, 0.05) is 20.1 Å². The Labute approximate surface area is 117 Å². The predicted molar refractivity (Wildman–Crippen MR) is 79.4 cm³/mol. The van der Waals surface area contributed by atoms with Crippen molar-refractivity contribution in [1.82, 2.24) is 0 Å². The molecule has 19 heavy (non-hydrogen) atoms. The molecule has 0 heterocycles. The van der Waals surface area contributed by atoms with Crippen LogP contribution >= 0.6 is 0 Å². The molecule has 0 aliphatic rings. The van der Waals surface area contributed by atoms with Crippen LogP contribution in [0.2, 0.25) is 0 Å². The van der Waals surface area contributed by atoms with Crippen LogP contribution in [0.5, 0.6) is 0 Å². The molecule has 0 radical (unpaired) electrons. The molecule has 3 N–H and O–H groups in total. The van der Waals surface area contributed by atoms with E-state index in [-0.39, 0.29) is 13.2 Å². The van der Waals surface area contributed by atoms with Crippen LogP contribution in [0.1, 0.15) is 46.5 Å². The van der Waals surface area contributed by atoms with E-state index in [0.717, 1.165) is 20.1 Å². The van der Waals surface area contributed by atoms with Crippen LogP contribution < -0.4 is 0 Å². The summed E-state index contributed by atoms with van der Waals surface area (Å²) in [5, 5.41) is 22.7. The minimum Gasteiger partial charge on any atom is -0.481 e. The Morgan fingerprint density at radius 3 is 1.42 bits per heavy atom. The molecule has 0 aromatic rings. The van der Waals surface area contributed by atoms with E-state index in [1.165, 1.54) is 25.7 Å². The highest BCUT2D eigenvalue weighted by Crippen LogP contribution is 1.91. The summed E-state index contributed by atoms with van der Waals surface area (Å²) in [5.74, 6) is -0.833. The molecule has 0 atom stereocenters. The summed E-state index contributed by atoms with van der Waals surface area (Å²) in [6.45, 7) is 13.1. The summed E-state index contributed by atoms with van der Waals surface area (Å²) in [7, 11) is 0. The average molecular weight is 280 g/mol. The highest BCUT2D eigenvalue weighted by Gasteiger charge is 1.84. The SMILES string of the molecule is C=C.CC(=O)O.CCCCOCCCC.OCCO. The van der Waals surface area contributed by atoms with Crippen LogP contribution in [-0.4, -0.2) is 47.7 Å². The summed E-state index contributed by atoms with van der Waals surface area (Å²) >= 11 is 0. The average Bonchev–Trinajstić information content (AvgIpc) is 2.41. The number of unbranched alkanes of at least 4 members (excludes halogenated alkanes) is 2. The molecule has 5 nitrogen and oxygen atoms in total. The van der Waals surface area contributed by atoms with Crippen molar-refractivity contribution in [3.63, 3.8) is 0 Å². The third-order valence-corrected chi connectivity index (χ3v) is 1.38. The maximum Gasteiger partial charge on any atom is 0.300 e. The molecule has 0 aromatic carbocycles. The van der Waals surface area contributed by atoms with Gasteiger partial charge in [-0.05, 0) is 12.8 Å². The van der Waals surface area contributed by atoms with Gasteiger partial charge in [-0.3, -0.25) is 4.79 Å². The Hall–Kier alpha value is -0.910. The van der Waals surface area contributed by atoms with Crippen LogP contribution in [0.15, 0.2) is 13.2 Å². The molecular weight excluding hydrogens is 248 g/mol. The van der Waals surface area contributed by atoms with Gasteiger partial charge in [-0.15, -0.1) is 13.2 Å². The summed E-state index contributed by atoms with van der Waals surface area (Å²) in [5.41, 5.74) is 0. The Morgan fingerprint density at radius 1 is 1.00 bits per heavy atom. The third kappa shape index (κ3) is 105. The van der Waals surface area contributed by atoms with Crippen molar-refractivity contribution in [1.29, 1.82) is 0 Å². The van der Waals surface area contributed by atoms with Crippen molar-refractivity contribution in [2.24, 2.45) is 0 Å². The van der Waals surface area contributed by atoms with Crippen LogP contribution in [0.25, 0.3) is 0 Å². The summed E-state index contributed by atoms with van der Waals surface area (Å²) < 4.78 is 5.31. The molecule has 5 heteroatoms. The van der Waals surface area contributed by atoms with Crippen LogP contribution in [0, 0.1) is 0 Å². The number of carboxylic acid groups (broad SMARTS) is 1. The normalized spacial score (nSPS) is 7.84. The van der Waals surface area contributed by atoms with E-state index in [9.17, 15) is 0 Å². The van der Waals surface area contributed by atoms with Crippen molar-refractivity contribution >= 4 is 5.97 Å². The molecule has 0 rings (SSSR count). The minimum atomic E-state index is -0.833. The van der Waals surface area contributed by atoms with Crippen LogP contribution in [0.4, 0.5) is 0 Å². The number of carbonyl (C=O) groups is 1. The van der Waals surface area contributed by atoms with Gasteiger partial charge < -0.3 is 20.1 Å². The van der Waals surface area contributed by atoms with E-state index in [0.29, 0.717) is 0 Å². The first kappa shape index (κ1) is 26.6. The fourth-order valence-electron chi connectivity index (χ4n) is 0.595. The summed E-state index contributed by atoms with van der Waals surface area (Å²) in [4.78, 5) is 9.00. The van der Waals surface area contributed by atoms with Crippen molar-refractivity contribution in [2.75, 3.05) is 26.4 Å². The number of carboxylic acids is 1. The van der Waals surface area contributed by atoms with Gasteiger partial charge in [0.2, 0.25) is 0 Å². The van der Waals surface area contributed by atoms with E-state index < -0.39 is 5.97 Å². The Morgan fingerprint density at radius 2 is 1.26 bits per heavy atom. The minimum absolute atomic E-state index is 0.125. The Balaban J connectivity index is -0.0000000944. The lowest BCUT2D eigenvalue weighted by molar-refractivity contribution is -0.134. The van der Waals surface area contributed by atoms with Gasteiger partial charge in [0.15, 0.2) is 0 Å². The van der Waals surface area contributed by atoms with Gasteiger partial charge in [-0.2, -0.15) is 0 Å². The van der Waals surface area contributed by atoms with E-state index >= 15 is 0 Å². The first-order chi connectivity index (χ1) is 9.06. The second-order valence-corrected chi connectivity index (χ2v) is 3.29. The monoisotopic (exact) mass is 280 g/mol. The van der Waals surface area contributed by atoms with Crippen molar-refractivity contribution in [3.8, 4) is 0 Å². The number of aliphatic carboxylic acids is 1. The van der Waals surface area contributed by atoms with Crippen molar-refractivity contribution in [2.45, 2.75) is 46.5 Å². The molecule has 0 aromatic heterocycles. The fourth-order valence-corrected chi connectivity index (χ4v) is 0.595. The maximum absolute atomic E-state index is 9.00. The Bertz CT molecular complexity index is 128. The van der Waals surface area contributed by atoms with Crippen LogP contribution in [-0.2, 0) is 9.53 Å². The molecule has 0 amide bonds. The van der Waals surface area contributed by atoms with Crippen LogP contribution in [0.3, 0.4) is 0 Å². The molecule has 0 bridgehead atoms. The largest absolute Gasteiger partial charge is 0.481 e. The molecule has 0 spiro atoms. The topological polar surface area (TPSA) is 87.0 Å². The molecule has 0 aliphatic heterocycles. The molecule has 0 saturated carbocycles. The standard InChI is InChI=1S/C8H18O.C2H4O2.C2H6O2.C2H4/c1-3-5-7-9-8-6-4-2;1-2(3)4;3-1-2-4;1-2/h3-8H2,1-2H3;1H3,(H,3,4);3-4H,1-2H2;1-2H2. The first-order valence-electron chi connectivity index (χ1n) is 6.55. The molecule has 0 fully saturated rings. The second kappa shape index (κ2) is 36.0. The fraction of sp³-hybridized carbons (Fsp3) is 0.786. The molecule has 118 valence electrons. The highest BCUT2D eigenvalue weighted by molar-refractivity contribution is 5.62. The molecule has 0 saturated heterocycles. The number of hydrogen-bond acceptors (Lipinski definition) is 4. The lowest BCUT2D eigenvalue weighted by Crippen LogP contribution is -1.95. The number of aliphatic hydroxyl groups is 2. The summed E-state index contributed by atoms with van der Waals surface area (Å²) in [6.07, 6.45) is 4.91. The van der Waals surface area contributed by atoms with Gasteiger partial charge in [-0.1, -0.05) is 26.7 Å². The zero-order valence-electron chi connectivity index (χ0n) is 12.7. The summed E-state index contributed by atoms with van der Waals surface area (Å²) in [6, 6.07) is 0. The van der Waals surface area contributed by atoms with Gasteiger partial charge in [0.1, 0.15) is 0 Å². The van der Waals surface area contributed by atoms with E-state index in [4.69, 9.17) is 24.9 Å². The van der Waals surface area contributed by atoms with Gasteiger partial charge in [0.25, 0.3) is 5.97 Å². The number of aliphatic hydroxyl groups excluding tert-OH is 2. The first-order valence-corrected chi connectivity index (χ1v) is 6.55. The van der Waals surface area contributed by atoms with E-state index in [2.05, 4.69) is 27.0 Å². The maximum atomic E-state index is 9.00. The number of ether oxygens (including phenoxy) is 1. The van der Waals surface area contributed by atoms with Gasteiger partial charge in [-0.25, -0.2) is 0 Å². The third-order valence-electron chi connectivity index (χ3n) is 1.38. The molecular formula is C14H32O5. The lowest BCUT2D eigenvalue weighted by Gasteiger charge is -1.99. The van der Waals surface area contributed by atoms with Gasteiger partial charge in [0.05, 0.1) is 13.2 Å². The lowest BCUT2D eigenvalue weighted by atomic mass is 10.3. The van der Waals surface area contributed by atoms with E-state index in [1.807, 2.05) is 0 Å². The zero-order chi connectivity index (χ0) is 15.9. The quantitative estimate of drug-likeness (QED) is 0.492. The number of rotatable bonds is 7.